The van der Waals surface area contributed by atoms with E-state index >= 15 is 0 Å². The van der Waals surface area contributed by atoms with E-state index < -0.39 is 12.0 Å². The molecule has 2 aliphatic rings. The number of halogens is 3. The molecule has 0 aliphatic heterocycles. The smallest absolute Gasteiger partial charge is 0.365 e. The van der Waals surface area contributed by atoms with Gasteiger partial charge in [0, 0.05) is 12.0 Å². The van der Waals surface area contributed by atoms with E-state index in [0.717, 1.165) is 17.4 Å². The quantitative estimate of drug-likeness (QED) is 0.774. The molecule has 3 unspecified atom stereocenters. The Labute approximate surface area is 140 Å². The van der Waals surface area contributed by atoms with E-state index in [2.05, 4.69) is 32.7 Å². The number of rotatable bonds is 2. The molecule has 0 bridgehead atoms. The molecule has 3 aromatic rings. The third-order valence-corrected chi connectivity index (χ3v) is 5.16. The van der Waals surface area contributed by atoms with Gasteiger partial charge >= 0.3 is 6.18 Å². The van der Waals surface area contributed by atoms with Crippen LogP contribution in [0.3, 0.4) is 0 Å². The summed E-state index contributed by atoms with van der Waals surface area (Å²) in [5.74, 6) is 0.222. The maximum Gasteiger partial charge on any atom is 0.453 e. The standard InChI is InChI=1S/C17H14F3N5/c18-17(19,20)16-23-22-13-8-7-12(24-25(13)16)21-15-11-6-5-9-3-1-2-4-10(9)14(11)15/h1-4,7-8,11,14-15H,5-6H2,(H,21,24). The molecule has 128 valence electrons. The Morgan fingerprint density at radius 2 is 1.92 bits per heavy atom. The highest BCUT2D eigenvalue weighted by Crippen LogP contribution is 2.55. The average Bonchev–Trinajstić information content (AvgIpc) is 3.10. The van der Waals surface area contributed by atoms with Crippen molar-refractivity contribution < 1.29 is 13.2 Å². The summed E-state index contributed by atoms with van der Waals surface area (Å²) in [6.07, 6.45) is -2.45. The molecule has 2 aromatic heterocycles. The van der Waals surface area contributed by atoms with Crippen molar-refractivity contribution in [2.75, 3.05) is 5.32 Å². The zero-order valence-electron chi connectivity index (χ0n) is 13.0. The normalized spacial score (nSPS) is 24.7. The van der Waals surface area contributed by atoms with Crippen molar-refractivity contribution >= 4 is 11.5 Å². The summed E-state index contributed by atoms with van der Waals surface area (Å²) in [7, 11) is 0. The van der Waals surface area contributed by atoms with Gasteiger partial charge in [-0.2, -0.15) is 17.7 Å². The first-order valence-electron chi connectivity index (χ1n) is 8.16. The minimum absolute atomic E-state index is 0.0800. The molecule has 5 nitrogen and oxygen atoms in total. The van der Waals surface area contributed by atoms with Crippen LogP contribution in [0.5, 0.6) is 0 Å². The first-order chi connectivity index (χ1) is 12.0. The molecular weight excluding hydrogens is 331 g/mol. The van der Waals surface area contributed by atoms with E-state index in [1.54, 1.807) is 6.07 Å². The van der Waals surface area contributed by atoms with Gasteiger partial charge in [0.15, 0.2) is 5.65 Å². The molecule has 1 aromatic carbocycles. The lowest BCUT2D eigenvalue weighted by molar-refractivity contribution is -0.146. The molecule has 25 heavy (non-hydrogen) atoms. The summed E-state index contributed by atoms with van der Waals surface area (Å²) >= 11 is 0. The van der Waals surface area contributed by atoms with Crippen LogP contribution in [0.15, 0.2) is 36.4 Å². The zero-order chi connectivity index (χ0) is 17.2. The van der Waals surface area contributed by atoms with Crippen LogP contribution in [0, 0.1) is 5.92 Å². The molecule has 1 fully saturated rings. The number of aryl methyl sites for hydroxylation is 1. The monoisotopic (exact) mass is 345 g/mol. The highest BCUT2D eigenvalue weighted by Gasteiger charge is 2.53. The predicted molar refractivity (Wildman–Crippen MR) is 84.2 cm³/mol. The largest absolute Gasteiger partial charge is 0.453 e. The summed E-state index contributed by atoms with van der Waals surface area (Å²) < 4.78 is 39.7. The zero-order valence-corrected chi connectivity index (χ0v) is 13.0. The molecule has 1 N–H and O–H groups in total. The SMILES string of the molecule is FC(F)(F)c1nnc2ccc(NC3C4CCc5ccccc5C43)nn12. The van der Waals surface area contributed by atoms with Gasteiger partial charge in [0.25, 0.3) is 5.82 Å². The van der Waals surface area contributed by atoms with E-state index in [1.807, 2.05) is 12.1 Å². The Kier molecular flexibility index (Phi) is 2.90. The molecule has 1 saturated carbocycles. The molecule has 8 heteroatoms. The second-order valence-electron chi connectivity index (χ2n) is 6.61. The highest BCUT2D eigenvalue weighted by atomic mass is 19.4. The van der Waals surface area contributed by atoms with Gasteiger partial charge in [-0.15, -0.1) is 15.3 Å². The fraction of sp³-hybridized carbons (Fsp3) is 0.353. The maximum atomic E-state index is 13.0. The van der Waals surface area contributed by atoms with Gasteiger partial charge in [-0.1, -0.05) is 24.3 Å². The summed E-state index contributed by atoms with van der Waals surface area (Å²) in [5, 5.41) is 14.1. The van der Waals surface area contributed by atoms with Crippen molar-refractivity contribution in [1.82, 2.24) is 19.8 Å². The molecular formula is C17H14F3N5. The number of anilines is 1. The van der Waals surface area contributed by atoms with Crippen LogP contribution >= 0.6 is 0 Å². The third kappa shape index (κ3) is 2.27. The molecule has 2 aliphatic carbocycles. The Bertz CT molecular complexity index is 964. The van der Waals surface area contributed by atoms with Crippen LogP contribution in [0.1, 0.15) is 29.3 Å². The van der Waals surface area contributed by atoms with Crippen LogP contribution < -0.4 is 5.32 Å². The van der Waals surface area contributed by atoms with Gasteiger partial charge < -0.3 is 5.32 Å². The number of fused-ring (bicyclic) bond motifs is 4. The van der Waals surface area contributed by atoms with Crippen LogP contribution in [0.4, 0.5) is 19.0 Å². The second-order valence-corrected chi connectivity index (χ2v) is 6.61. The molecule has 3 atom stereocenters. The summed E-state index contributed by atoms with van der Waals surface area (Å²) in [4.78, 5) is 0. The summed E-state index contributed by atoms with van der Waals surface area (Å²) in [5.41, 5.74) is 2.80. The number of alkyl halides is 3. The fourth-order valence-electron chi connectivity index (χ4n) is 3.98. The van der Waals surface area contributed by atoms with Gasteiger partial charge in [0.1, 0.15) is 5.82 Å². The molecule has 0 spiro atoms. The van der Waals surface area contributed by atoms with Gasteiger partial charge in [-0.3, -0.25) is 0 Å². The Morgan fingerprint density at radius 3 is 2.76 bits per heavy atom. The van der Waals surface area contributed by atoms with E-state index in [4.69, 9.17) is 0 Å². The van der Waals surface area contributed by atoms with Gasteiger partial charge in [0.05, 0.1) is 0 Å². The topological polar surface area (TPSA) is 55.1 Å². The highest BCUT2D eigenvalue weighted by molar-refractivity contribution is 5.50. The molecule has 2 heterocycles. The minimum atomic E-state index is -4.59. The lowest BCUT2D eigenvalue weighted by Crippen LogP contribution is -2.14. The van der Waals surface area contributed by atoms with Crippen molar-refractivity contribution in [1.29, 1.82) is 0 Å². The summed E-state index contributed by atoms with van der Waals surface area (Å²) in [6, 6.07) is 11.7. The predicted octanol–water partition coefficient (Wildman–Crippen LogP) is 3.28. The third-order valence-electron chi connectivity index (χ3n) is 5.16. The van der Waals surface area contributed by atoms with E-state index in [0.29, 0.717) is 17.7 Å². The van der Waals surface area contributed by atoms with Gasteiger partial charge in [0.2, 0.25) is 0 Å². The van der Waals surface area contributed by atoms with Crippen molar-refractivity contribution in [3.63, 3.8) is 0 Å². The van der Waals surface area contributed by atoms with Crippen molar-refractivity contribution in [2.24, 2.45) is 5.92 Å². The van der Waals surface area contributed by atoms with Crippen LogP contribution in [-0.4, -0.2) is 25.9 Å². The van der Waals surface area contributed by atoms with E-state index in [-0.39, 0.29) is 11.7 Å². The van der Waals surface area contributed by atoms with Crippen molar-refractivity contribution in [2.45, 2.75) is 31.0 Å². The second kappa shape index (κ2) is 4.93. The fourth-order valence-corrected chi connectivity index (χ4v) is 3.98. The Balaban J connectivity index is 1.44. The van der Waals surface area contributed by atoms with Crippen molar-refractivity contribution in [3.05, 3.63) is 53.3 Å². The number of hydrogen-bond donors (Lipinski definition) is 1. The van der Waals surface area contributed by atoms with Crippen LogP contribution in [0.2, 0.25) is 0 Å². The van der Waals surface area contributed by atoms with Crippen LogP contribution in [-0.2, 0) is 12.6 Å². The first-order valence-corrected chi connectivity index (χ1v) is 8.16. The number of nitrogens with zero attached hydrogens (tertiary/aromatic N) is 4. The first kappa shape index (κ1) is 14.7. The molecule has 5 rings (SSSR count). The Hall–Kier alpha value is -2.64. The number of aromatic nitrogens is 4. The maximum absolute atomic E-state index is 13.0. The molecule has 0 saturated heterocycles. The average molecular weight is 345 g/mol. The number of nitrogens with one attached hydrogen (secondary N) is 1. The van der Waals surface area contributed by atoms with E-state index in [1.165, 1.54) is 17.2 Å². The minimum Gasteiger partial charge on any atom is -0.365 e. The van der Waals surface area contributed by atoms with E-state index in [9.17, 15) is 13.2 Å². The summed E-state index contributed by atoms with van der Waals surface area (Å²) in [6.45, 7) is 0. The Morgan fingerprint density at radius 1 is 1.08 bits per heavy atom. The van der Waals surface area contributed by atoms with Gasteiger partial charge in [-0.25, -0.2) is 0 Å². The molecule has 0 radical (unpaired) electrons. The van der Waals surface area contributed by atoms with Gasteiger partial charge in [-0.05, 0) is 42.0 Å². The molecule has 0 amide bonds. The lowest BCUT2D eigenvalue weighted by Gasteiger charge is -2.13. The number of benzene rings is 1. The van der Waals surface area contributed by atoms with Crippen molar-refractivity contribution in [3.8, 4) is 0 Å². The number of hydrogen-bond acceptors (Lipinski definition) is 4. The lowest BCUT2D eigenvalue weighted by atomic mass is 9.92. The van der Waals surface area contributed by atoms with Crippen LogP contribution in [0.25, 0.3) is 5.65 Å².